The molecule has 6 aromatic rings. The molecule has 0 atom stereocenters. The van der Waals surface area contributed by atoms with Crippen LogP contribution >= 0.6 is 0 Å². The van der Waals surface area contributed by atoms with Gasteiger partial charge in [0, 0.05) is 44.0 Å². The van der Waals surface area contributed by atoms with E-state index in [1.807, 2.05) is 65.0 Å². The number of para-hydroxylation sites is 1. The van der Waals surface area contributed by atoms with Crippen LogP contribution < -0.4 is 11.1 Å². The second-order valence-electron chi connectivity index (χ2n) is 13.1. The van der Waals surface area contributed by atoms with E-state index < -0.39 is 0 Å². The first-order chi connectivity index (χ1) is 20.4. The fourth-order valence-corrected chi connectivity index (χ4v) is 7.01. The Labute approximate surface area is 253 Å². The Bertz CT molecular complexity index is 2200. The van der Waals surface area contributed by atoms with Gasteiger partial charge in [0.25, 0.3) is 0 Å². The van der Waals surface area contributed by atoms with Crippen LogP contribution in [0.2, 0.25) is 0 Å². The van der Waals surface area contributed by atoms with E-state index in [4.69, 9.17) is 9.40 Å². The summed E-state index contributed by atoms with van der Waals surface area (Å²) in [6.45, 7) is 10.4. The van der Waals surface area contributed by atoms with Crippen molar-refractivity contribution in [2.24, 2.45) is 0 Å². The number of fused-ring (bicyclic) bond motifs is 6. The minimum atomic E-state index is -0.380. The molecule has 7 rings (SSSR count). The molecule has 0 radical (unpaired) electrons. The maximum absolute atomic E-state index is 15.9. The third-order valence-electron chi connectivity index (χ3n) is 9.04. The molecule has 1 aliphatic rings. The molecule has 2 heterocycles. The highest BCUT2D eigenvalue weighted by molar-refractivity contribution is 6.38. The molecule has 2 aromatic heterocycles. The van der Waals surface area contributed by atoms with E-state index in [0.29, 0.717) is 44.6 Å². The highest BCUT2D eigenvalue weighted by Crippen LogP contribution is 2.49. The fraction of sp³-hybridized carbons (Fsp3) is 0.189. The largest absolute Gasteiger partial charge is 0.455 e. The van der Waals surface area contributed by atoms with Crippen LogP contribution in [0.5, 0.6) is 0 Å². The Morgan fingerprint density at radius 2 is 1.72 bits per heavy atom. The van der Waals surface area contributed by atoms with Crippen molar-refractivity contribution >= 4 is 48.7 Å². The first kappa shape index (κ1) is 27.1. The summed E-state index contributed by atoms with van der Waals surface area (Å²) in [5.41, 5.74) is 10.8. The summed E-state index contributed by atoms with van der Waals surface area (Å²) in [6, 6.07) is 29.0. The number of benzene rings is 3. The minimum absolute atomic E-state index is 0.227. The lowest BCUT2D eigenvalue weighted by atomic mass is 9.76. The van der Waals surface area contributed by atoms with Crippen LogP contribution in [0.4, 0.5) is 4.39 Å². The minimum Gasteiger partial charge on any atom is -0.455 e. The van der Waals surface area contributed by atoms with Crippen molar-refractivity contribution in [1.29, 1.82) is 5.26 Å². The summed E-state index contributed by atoms with van der Waals surface area (Å²) in [5.74, 6) is -0.238. The van der Waals surface area contributed by atoms with Gasteiger partial charge >= 0.3 is 0 Å². The van der Waals surface area contributed by atoms with Gasteiger partial charge in [-0.15, -0.1) is 0 Å². The summed E-state index contributed by atoms with van der Waals surface area (Å²) in [4.78, 5) is 4.92. The van der Waals surface area contributed by atoms with Gasteiger partial charge in [-0.25, -0.2) is 4.39 Å². The van der Waals surface area contributed by atoms with Crippen LogP contribution in [0.1, 0.15) is 56.9 Å². The van der Waals surface area contributed by atoms with E-state index in [9.17, 15) is 5.26 Å². The Hall–Kier alpha value is -4.80. The van der Waals surface area contributed by atoms with Gasteiger partial charge in [-0.05, 0) is 69.5 Å². The van der Waals surface area contributed by atoms with Gasteiger partial charge in [0.1, 0.15) is 24.8 Å². The molecule has 0 bridgehead atoms. The molecule has 1 aliphatic carbocycles. The van der Waals surface area contributed by atoms with E-state index >= 15 is 4.39 Å². The average Bonchev–Trinajstić information content (AvgIpc) is 3.47. The predicted octanol–water partition coefficient (Wildman–Crippen LogP) is 6.05. The number of rotatable bonds is 2. The molecule has 0 N–H and O–H groups in total. The SMILES string of the molecule is Bc1nc(-c2cccc3c2oc2c(-c4ccc5c(c4)C(C)(C)c4c#cccc4-5)ccc(C#N)c23)c(B)c(F)c1C(C)(C)C. The van der Waals surface area contributed by atoms with Crippen molar-refractivity contribution in [2.75, 3.05) is 0 Å². The zero-order chi connectivity index (χ0) is 30.4. The van der Waals surface area contributed by atoms with Crippen LogP contribution in [0.25, 0.3) is 55.4 Å². The van der Waals surface area contributed by atoms with Crippen LogP contribution in [0, 0.1) is 29.3 Å². The molecule has 0 saturated carbocycles. The normalized spacial score (nSPS) is 13.5. The van der Waals surface area contributed by atoms with Crippen LogP contribution in [-0.2, 0) is 10.8 Å². The van der Waals surface area contributed by atoms with E-state index in [1.54, 1.807) is 7.85 Å². The highest BCUT2D eigenvalue weighted by atomic mass is 19.1. The van der Waals surface area contributed by atoms with Crippen molar-refractivity contribution in [3.8, 4) is 39.6 Å². The van der Waals surface area contributed by atoms with Crippen molar-refractivity contribution in [3.63, 3.8) is 0 Å². The van der Waals surface area contributed by atoms with Gasteiger partial charge in [-0.3, -0.25) is 4.98 Å². The number of furan rings is 1. The summed E-state index contributed by atoms with van der Waals surface area (Å²) >= 11 is 0. The zero-order valence-electron chi connectivity index (χ0n) is 25.5. The highest BCUT2D eigenvalue weighted by Gasteiger charge is 2.36. The standard InChI is InChI=1S/C37H29B2FN2O/c1-36(2,3)29-31(40)30(38)32(42-35(29)39)25-11-8-10-24-28-20(18-41)14-15-21(34(28)43-33(24)25)19-13-16-23-22-9-6-7-12-26(22)37(4,5)27(23)17-19/h6,8-11,13-17H,38-39H2,1-5H3. The number of nitriles is 1. The number of pyridine rings is 1. The topological polar surface area (TPSA) is 49.8 Å². The molecular formula is C37H29B2FN2O. The first-order valence-electron chi connectivity index (χ1n) is 14.6. The van der Waals surface area contributed by atoms with Crippen LogP contribution in [-0.4, -0.2) is 20.7 Å². The van der Waals surface area contributed by atoms with Gasteiger partial charge in [-0.1, -0.05) is 71.0 Å². The molecule has 0 spiro atoms. The molecule has 0 unspecified atom stereocenters. The van der Waals surface area contributed by atoms with Crippen LogP contribution in [0.15, 0.2) is 65.1 Å². The van der Waals surface area contributed by atoms with Crippen molar-refractivity contribution in [3.05, 3.63) is 101 Å². The Morgan fingerprint density at radius 1 is 0.953 bits per heavy atom. The number of halogens is 1. The van der Waals surface area contributed by atoms with Crippen molar-refractivity contribution in [1.82, 2.24) is 4.98 Å². The molecule has 0 amide bonds. The maximum Gasteiger partial charge on any atom is 0.164 e. The summed E-state index contributed by atoms with van der Waals surface area (Å²) < 4.78 is 22.6. The lowest BCUT2D eigenvalue weighted by molar-refractivity contribution is 0.529. The molecule has 43 heavy (non-hydrogen) atoms. The second-order valence-corrected chi connectivity index (χ2v) is 13.1. The van der Waals surface area contributed by atoms with E-state index in [-0.39, 0.29) is 16.6 Å². The molecule has 0 fully saturated rings. The number of hydrogen-bond acceptors (Lipinski definition) is 3. The van der Waals surface area contributed by atoms with Gasteiger partial charge in [0.2, 0.25) is 0 Å². The number of nitrogens with zero attached hydrogens (tertiary/aromatic N) is 2. The quantitative estimate of drug-likeness (QED) is 0.244. The summed E-state index contributed by atoms with van der Waals surface area (Å²) in [6.07, 6.45) is 0. The molecule has 3 nitrogen and oxygen atoms in total. The third kappa shape index (κ3) is 3.80. The second kappa shape index (κ2) is 9.10. The molecule has 4 aromatic carbocycles. The Morgan fingerprint density at radius 3 is 2.47 bits per heavy atom. The Balaban J connectivity index is 1.48. The zero-order valence-corrected chi connectivity index (χ0v) is 25.5. The van der Waals surface area contributed by atoms with Crippen LogP contribution in [0.3, 0.4) is 0 Å². The van der Waals surface area contributed by atoms with E-state index in [1.165, 1.54) is 16.7 Å². The van der Waals surface area contributed by atoms with Crippen molar-refractivity contribution < 1.29 is 8.81 Å². The van der Waals surface area contributed by atoms with E-state index in [0.717, 1.165) is 27.5 Å². The third-order valence-corrected chi connectivity index (χ3v) is 9.04. The maximum atomic E-state index is 15.9. The smallest absolute Gasteiger partial charge is 0.164 e. The van der Waals surface area contributed by atoms with Gasteiger partial charge < -0.3 is 4.42 Å². The molecular weight excluding hydrogens is 529 g/mol. The monoisotopic (exact) mass is 558 g/mol. The average molecular weight is 558 g/mol. The molecule has 0 saturated heterocycles. The molecule has 206 valence electrons. The predicted molar refractivity (Wildman–Crippen MR) is 177 cm³/mol. The molecule has 6 heteroatoms. The Kier molecular flexibility index (Phi) is 5.72. The summed E-state index contributed by atoms with van der Waals surface area (Å²) in [5, 5.41) is 11.7. The number of aromatic nitrogens is 1. The fourth-order valence-electron chi connectivity index (χ4n) is 7.01. The first-order valence-corrected chi connectivity index (χ1v) is 14.6. The van der Waals surface area contributed by atoms with E-state index in [2.05, 4.69) is 56.3 Å². The van der Waals surface area contributed by atoms with Gasteiger partial charge in [-0.2, -0.15) is 5.26 Å². The lowest BCUT2D eigenvalue weighted by Crippen LogP contribution is -2.34. The van der Waals surface area contributed by atoms with Gasteiger partial charge in [0.15, 0.2) is 7.85 Å². The number of hydrogen-bond donors (Lipinski definition) is 0. The molecule has 0 aliphatic heterocycles. The lowest BCUT2D eigenvalue weighted by Gasteiger charge is -2.24. The summed E-state index contributed by atoms with van der Waals surface area (Å²) in [7, 11) is 3.64. The van der Waals surface area contributed by atoms with Gasteiger partial charge in [0.05, 0.1) is 17.3 Å². The van der Waals surface area contributed by atoms with Crippen molar-refractivity contribution in [2.45, 2.75) is 45.4 Å².